The molecule has 2 aliphatic heterocycles. The normalized spacial score (nSPS) is 21.4. The first-order valence-electron chi connectivity index (χ1n) is 10.4. The van der Waals surface area contributed by atoms with E-state index in [9.17, 15) is 18.0 Å². The van der Waals surface area contributed by atoms with Crippen LogP contribution < -0.4 is 4.90 Å². The van der Waals surface area contributed by atoms with E-state index in [1.807, 2.05) is 18.2 Å². The van der Waals surface area contributed by atoms with Gasteiger partial charge >= 0.3 is 6.18 Å². The zero-order valence-corrected chi connectivity index (χ0v) is 18.5. The molecule has 0 radical (unpaired) electrons. The van der Waals surface area contributed by atoms with Crippen LogP contribution >= 0.6 is 12.4 Å². The number of carbonyl (C=O) groups is 1. The lowest BCUT2D eigenvalue weighted by molar-refractivity contribution is -0.162. The summed E-state index contributed by atoms with van der Waals surface area (Å²) < 4.78 is 46.7. The summed E-state index contributed by atoms with van der Waals surface area (Å²) in [5.41, 5.74) is -0.688. The lowest BCUT2D eigenvalue weighted by Crippen LogP contribution is -2.62. The Bertz CT molecular complexity index is 921. The maximum Gasteiger partial charge on any atom is 0.418 e. The van der Waals surface area contributed by atoms with E-state index in [0.29, 0.717) is 12.8 Å². The van der Waals surface area contributed by atoms with E-state index < -0.39 is 29.4 Å². The van der Waals surface area contributed by atoms with Crippen LogP contribution in [-0.2, 0) is 22.1 Å². The number of pyridine rings is 2. The number of alkyl halides is 3. The molecule has 1 unspecified atom stereocenters. The van der Waals surface area contributed by atoms with E-state index in [1.165, 1.54) is 4.90 Å². The second-order valence-corrected chi connectivity index (χ2v) is 8.17. The third-order valence-corrected chi connectivity index (χ3v) is 6.06. The molecular weight excluding hydrogens is 445 g/mol. The second-order valence-electron chi connectivity index (χ2n) is 8.17. The predicted octanol–water partition coefficient (Wildman–Crippen LogP) is 3.75. The number of amides is 1. The molecule has 0 saturated carbocycles. The fraction of sp³-hybridized carbons (Fsp3) is 0.500. The Kier molecular flexibility index (Phi) is 7.42. The van der Waals surface area contributed by atoms with Crippen molar-refractivity contribution < 1.29 is 22.7 Å². The van der Waals surface area contributed by atoms with Gasteiger partial charge < -0.3 is 14.5 Å². The summed E-state index contributed by atoms with van der Waals surface area (Å²) in [5.74, 6) is -0.471. The van der Waals surface area contributed by atoms with Crippen molar-refractivity contribution in [1.82, 2.24) is 14.9 Å². The van der Waals surface area contributed by atoms with E-state index in [0.717, 1.165) is 50.2 Å². The fourth-order valence-electron chi connectivity index (χ4n) is 4.37. The maximum atomic E-state index is 13.5. The number of halogens is 4. The molecule has 6 nitrogen and oxygen atoms in total. The van der Waals surface area contributed by atoms with Gasteiger partial charge in [0.25, 0.3) is 5.91 Å². The largest absolute Gasteiger partial charge is 0.418 e. The number of piperidine rings is 1. The summed E-state index contributed by atoms with van der Waals surface area (Å²) in [6.07, 6.45) is 0.732. The Balaban J connectivity index is 0.00000289. The number of carbonyl (C=O) groups excluding carboxylic acids is 1. The minimum Gasteiger partial charge on any atom is -0.360 e. The van der Waals surface area contributed by atoms with Gasteiger partial charge in [0.15, 0.2) is 0 Å². The minimum absolute atomic E-state index is 0. The Hall–Kier alpha value is -2.23. The zero-order chi connectivity index (χ0) is 22.1. The molecule has 4 heterocycles. The van der Waals surface area contributed by atoms with Crippen molar-refractivity contribution in [3.05, 3.63) is 54.1 Å². The van der Waals surface area contributed by atoms with Gasteiger partial charge in [0, 0.05) is 44.1 Å². The van der Waals surface area contributed by atoms with Crippen LogP contribution in [0.2, 0.25) is 0 Å². The first-order chi connectivity index (χ1) is 14.8. The van der Waals surface area contributed by atoms with Gasteiger partial charge in [-0.2, -0.15) is 13.2 Å². The fourth-order valence-corrected chi connectivity index (χ4v) is 4.37. The quantitative estimate of drug-likeness (QED) is 0.681. The lowest BCUT2D eigenvalue weighted by atomic mass is 9.88. The average Bonchev–Trinajstić information content (AvgIpc) is 2.76. The highest BCUT2D eigenvalue weighted by molar-refractivity contribution is 5.97. The van der Waals surface area contributed by atoms with Crippen LogP contribution in [0.1, 0.15) is 31.0 Å². The molecule has 2 aromatic rings. The molecule has 2 saturated heterocycles. The van der Waals surface area contributed by atoms with Crippen LogP contribution in [0.3, 0.4) is 0 Å². The molecule has 0 aromatic carbocycles. The number of likely N-dealkylation sites (tertiary alicyclic amines) is 1. The van der Waals surface area contributed by atoms with Crippen LogP contribution in [0.25, 0.3) is 0 Å². The van der Waals surface area contributed by atoms with Crippen LogP contribution in [0.15, 0.2) is 42.9 Å². The molecule has 1 spiro atoms. The number of ether oxygens (including phenoxy) is 1. The third-order valence-electron chi connectivity index (χ3n) is 6.06. The zero-order valence-electron chi connectivity index (χ0n) is 17.7. The monoisotopic (exact) mass is 470 g/mol. The Labute approximate surface area is 191 Å². The van der Waals surface area contributed by atoms with Gasteiger partial charge in [0.05, 0.1) is 29.6 Å². The number of aromatic nitrogens is 2. The van der Waals surface area contributed by atoms with Gasteiger partial charge in [-0.05, 0) is 38.0 Å². The molecule has 2 aromatic heterocycles. The third kappa shape index (κ3) is 5.22. The molecule has 174 valence electrons. The molecule has 0 aliphatic carbocycles. The number of anilines is 1. The van der Waals surface area contributed by atoms with Crippen molar-refractivity contribution in [3.8, 4) is 0 Å². The highest BCUT2D eigenvalue weighted by Crippen LogP contribution is 2.40. The Morgan fingerprint density at radius 1 is 1.19 bits per heavy atom. The molecular formula is C22H26ClF3N4O2. The van der Waals surface area contributed by atoms with Crippen LogP contribution in [0, 0.1) is 0 Å². The van der Waals surface area contributed by atoms with Crippen molar-refractivity contribution in [1.29, 1.82) is 0 Å². The molecule has 2 aliphatic rings. The van der Waals surface area contributed by atoms with Gasteiger partial charge in [-0.1, -0.05) is 6.07 Å². The summed E-state index contributed by atoms with van der Waals surface area (Å²) in [6.45, 7) is 4.06. The lowest BCUT2D eigenvalue weighted by Gasteiger charge is -2.49. The maximum absolute atomic E-state index is 13.5. The Morgan fingerprint density at radius 3 is 2.59 bits per heavy atom. The molecule has 32 heavy (non-hydrogen) atoms. The van der Waals surface area contributed by atoms with E-state index in [2.05, 4.69) is 14.9 Å². The molecule has 2 fully saturated rings. The number of hydrogen-bond acceptors (Lipinski definition) is 5. The van der Waals surface area contributed by atoms with Crippen molar-refractivity contribution in [3.63, 3.8) is 0 Å². The Morgan fingerprint density at radius 2 is 1.94 bits per heavy atom. The highest BCUT2D eigenvalue weighted by Gasteiger charge is 2.47. The molecule has 10 heteroatoms. The standard InChI is InChI=1S/C22H25F3N4O2.ClH/c1-16-20(30)29(19-14-26-10-5-18(19)22(23,24)25)15-21(31-16)7-12-28(13-8-21)11-6-17-4-2-3-9-27-17;/h2-5,9-10,14,16H,6-8,11-13,15H2,1H3;1H. The SMILES string of the molecule is CC1OC2(CCN(CCc3ccccn3)CC2)CN(c2cnccc2C(F)(F)F)C1=O.Cl. The minimum atomic E-state index is -4.57. The van der Waals surface area contributed by atoms with Crippen molar-refractivity contribution in [2.75, 3.05) is 31.1 Å². The summed E-state index contributed by atoms with van der Waals surface area (Å²) in [4.78, 5) is 24.5. The highest BCUT2D eigenvalue weighted by atomic mass is 35.5. The smallest absolute Gasteiger partial charge is 0.360 e. The first-order valence-corrected chi connectivity index (χ1v) is 10.4. The molecule has 0 bridgehead atoms. The molecule has 0 N–H and O–H groups in total. The van der Waals surface area contributed by atoms with Crippen molar-refractivity contribution >= 4 is 24.0 Å². The topological polar surface area (TPSA) is 58.6 Å². The number of hydrogen-bond donors (Lipinski definition) is 0. The van der Waals surface area contributed by atoms with Crippen LogP contribution in [0.5, 0.6) is 0 Å². The van der Waals surface area contributed by atoms with Crippen LogP contribution in [-0.4, -0.2) is 58.7 Å². The van der Waals surface area contributed by atoms with Gasteiger partial charge in [-0.25, -0.2) is 0 Å². The van der Waals surface area contributed by atoms with E-state index in [-0.39, 0.29) is 24.6 Å². The summed E-state index contributed by atoms with van der Waals surface area (Å²) >= 11 is 0. The van der Waals surface area contributed by atoms with Crippen molar-refractivity contribution in [2.45, 2.75) is 44.1 Å². The summed E-state index contributed by atoms with van der Waals surface area (Å²) in [5, 5.41) is 0. The summed E-state index contributed by atoms with van der Waals surface area (Å²) in [7, 11) is 0. The van der Waals surface area contributed by atoms with Crippen molar-refractivity contribution in [2.24, 2.45) is 0 Å². The van der Waals surface area contributed by atoms with E-state index in [4.69, 9.17) is 4.74 Å². The predicted molar refractivity (Wildman–Crippen MR) is 116 cm³/mol. The molecule has 1 amide bonds. The number of morpholine rings is 1. The van der Waals surface area contributed by atoms with E-state index in [1.54, 1.807) is 13.1 Å². The van der Waals surface area contributed by atoms with Gasteiger partial charge in [-0.15, -0.1) is 12.4 Å². The number of rotatable bonds is 4. The summed E-state index contributed by atoms with van der Waals surface area (Å²) in [6, 6.07) is 6.75. The van der Waals surface area contributed by atoms with Gasteiger partial charge in [0.1, 0.15) is 6.10 Å². The second kappa shape index (κ2) is 9.72. The van der Waals surface area contributed by atoms with Crippen LogP contribution in [0.4, 0.5) is 18.9 Å². The van der Waals surface area contributed by atoms with Gasteiger partial charge in [0.2, 0.25) is 0 Å². The van der Waals surface area contributed by atoms with Gasteiger partial charge in [-0.3, -0.25) is 14.8 Å². The number of nitrogens with zero attached hydrogens (tertiary/aromatic N) is 4. The molecule has 4 rings (SSSR count). The molecule has 1 atom stereocenters. The van der Waals surface area contributed by atoms with E-state index >= 15 is 0 Å². The average molecular weight is 471 g/mol. The first kappa shape index (κ1) is 24.4.